The van der Waals surface area contributed by atoms with Gasteiger partial charge >= 0.3 is 5.97 Å². The Balaban J connectivity index is 1.80. The number of carboxylic acid groups (broad SMARTS) is 1. The van der Waals surface area contributed by atoms with E-state index in [1.54, 1.807) is 18.0 Å². The summed E-state index contributed by atoms with van der Waals surface area (Å²) in [6.45, 7) is 0. The van der Waals surface area contributed by atoms with Gasteiger partial charge in [0, 0.05) is 25.2 Å². The fraction of sp³-hybridized carbons (Fsp3) is 0.600. The van der Waals surface area contributed by atoms with Crippen LogP contribution in [0.5, 0.6) is 0 Å². The minimum absolute atomic E-state index is 0.0304. The highest BCUT2D eigenvalue weighted by Crippen LogP contribution is 2.25. The molecule has 6 heteroatoms. The minimum Gasteiger partial charge on any atom is -0.479 e. The topological polar surface area (TPSA) is 64.4 Å². The van der Waals surface area contributed by atoms with Gasteiger partial charge in [-0.1, -0.05) is 11.8 Å². The smallest absolute Gasteiger partial charge is 0.332 e. The molecule has 5 nitrogen and oxygen atoms in total. The molecule has 2 atom stereocenters. The van der Waals surface area contributed by atoms with Crippen molar-refractivity contribution in [2.75, 3.05) is 5.75 Å². The van der Waals surface area contributed by atoms with Gasteiger partial charge in [-0.2, -0.15) is 0 Å². The van der Waals surface area contributed by atoms with Gasteiger partial charge in [0.25, 0.3) is 0 Å². The Bertz CT molecular complexity index is 380. The molecule has 0 radical (unpaired) electrons. The molecule has 2 heterocycles. The quantitative estimate of drug-likeness (QED) is 0.802. The van der Waals surface area contributed by atoms with Gasteiger partial charge in [0.2, 0.25) is 0 Å². The predicted molar refractivity (Wildman–Crippen MR) is 59.5 cm³/mol. The van der Waals surface area contributed by atoms with E-state index in [1.165, 1.54) is 0 Å². The number of carbonyl (C=O) groups is 1. The van der Waals surface area contributed by atoms with Gasteiger partial charge in [0.1, 0.15) is 0 Å². The minimum atomic E-state index is -0.857. The van der Waals surface area contributed by atoms with Crippen molar-refractivity contribution < 1.29 is 14.6 Å². The maximum atomic E-state index is 10.7. The number of hydrogen-bond acceptors (Lipinski definition) is 4. The van der Waals surface area contributed by atoms with Crippen molar-refractivity contribution in [2.45, 2.75) is 30.2 Å². The van der Waals surface area contributed by atoms with Crippen molar-refractivity contribution in [2.24, 2.45) is 7.05 Å². The first kappa shape index (κ1) is 11.5. The number of ether oxygens (including phenoxy) is 1. The van der Waals surface area contributed by atoms with Crippen LogP contribution in [0.4, 0.5) is 0 Å². The first-order valence-electron chi connectivity index (χ1n) is 5.15. The van der Waals surface area contributed by atoms with E-state index in [0.29, 0.717) is 6.42 Å². The third-order valence-corrected chi connectivity index (χ3v) is 3.75. The molecule has 0 saturated carbocycles. The Kier molecular flexibility index (Phi) is 3.50. The molecule has 16 heavy (non-hydrogen) atoms. The summed E-state index contributed by atoms with van der Waals surface area (Å²) in [5, 5.41) is 9.71. The van der Waals surface area contributed by atoms with Crippen LogP contribution in [0.3, 0.4) is 0 Å². The fourth-order valence-electron chi connectivity index (χ4n) is 1.67. The molecule has 1 saturated heterocycles. The molecule has 0 aliphatic carbocycles. The standard InChI is InChI=1S/C10H14N2O3S/c1-12-5-4-11-10(12)16-6-7-2-3-8(15-7)9(13)14/h4-5,7-8H,2-3,6H2,1H3,(H,13,14). The zero-order chi connectivity index (χ0) is 11.5. The average Bonchev–Trinajstić information content (AvgIpc) is 2.83. The van der Waals surface area contributed by atoms with E-state index in [-0.39, 0.29) is 6.10 Å². The van der Waals surface area contributed by atoms with Crippen LogP contribution >= 0.6 is 11.8 Å². The van der Waals surface area contributed by atoms with Crippen LogP contribution in [0.1, 0.15) is 12.8 Å². The summed E-state index contributed by atoms with van der Waals surface area (Å²) in [5.41, 5.74) is 0. The third kappa shape index (κ3) is 2.56. The summed E-state index contributed by atoms with van der Waals surface area (Å²) in [6.07, 6.45) is 4.47. The molecule has 1 aromatic heterocycles. The van der Waals surface area contributed by atoms with Crippen molar-refractivity contribution >= 4 is 17.7 Å². The lowest BCUT2D eigenvalue weighted by Gasteiger charge is -2.10. The lowest BCUT2D eigenvalue weighted by atomic mass is 10.2. The van der Waals surface area contributed by atoms with Crippen molar-refractivity contribution in [1.82, 2.24) is 9.55 Å². The molecule has 0 aromatic carbocycles. The van der Waals surface area contributed by atoms with Crippen molar-refractivity contribution in [3.63, 3.8) is 0 Å². The summed E-state index contributed by atoms with van der Waals surface area (Å²) in [5.74, 6) is -0.0984. The fourth-order valence-corrected chi connectivity index (χ4v) is 2.65. The molecule has 88 valence electrons. The molecule has 0 spiro atoms. The van der Waals surface area contributed by atoms with E-state index in [4.69, 9.17) is 9.84 Å². The molecule has 1 fully saturated rings. The van der Waals surface area contributed by atoms with Crippen LogP contribution in [0.2, 0.25) is 0 Å². The van der Waals surface area contributed by atoms with Gasteiger partial charge in [-0.3, -0.25) is 0 Å². The number of nitrogens with zero attached hydrogens (tertiary/aromatic N) is 2. The molecular formula is C10H14N2O3S. The summed E-state index contributed by atoms with van der Waals surface area (Å²) >= 11 is 1.60. The lowest BCUT2D eigenvalue weighted by molar-refractivity contribution is -0.148. The van der Waals surface area contributed by atoms with E-state index in [1.807, 2.05) is 17.8 Å². The van der Waals surface area contributed by atoms with Crippen molar-refractivity contribution in [3.8, 4) is 0 Å². The second-order valence-corrected chi connectivity index (χ2v) is 4.78. The highest BCUT2D eigenvalue weighted by Gasteiger charge is 2.30. The number of aromatic nitrogens is 2. The molecule has 2 unspecified atom stereocenters. The van der Waals surface area contributed by atoms with E-state index in [9.17, 15) is 4.79 Å². The van der Waals surface area contributed by atoms with Crippen LogP contribution in [0, 0.1) is 0 Å². The van der Waals surface area contributed by atoms with E-state index in [0.717, 1.165) is 17.3 Å². The monoisotopic (exact) mass is 242 g/mol. The molecule has 1 N–H and O–H groups in total. The number of imidazole rings is 1. The lowest BCUT2D eigenvalue weighted by Crippen LogP contribution is -2.21. The van der Waals surface area contributed by atoms with Gasteiger partial charge in [-0.25, -0.2) is 9.78 Å². The van der Waals surface area contributed by atoms with Gasteiger partial charge in [0.05, 0.1) is 6.10 Å². The largest absolute Gasteiger partial charge is 0.479 e. The van der Waals surface area contributed by atoms with Crippen LogP contribution < -0.4 is 0 Å². The number of thioether (sulfide) groups is 1. The van der Waals surface area contributed by atoms with Gasteiger partial charge in [-0.15, -0.1) is 0 Å². The van der Waals surface area contributed by atoms with Gasteiger partial charge in [-0.05, 0) is 12.8 Å². The molecule has 1 aliphatic rings. The Morgan fingerprint density at radius 1 is 1.75 bits per heavy atom. The molecule has 2 rings (SSSR count). The molecule has 1 aromatic rings. The van der Waals surface area contributed by atoms with Crippen molar-refractivity contribution in [1.29, 1.82) is 0 Å². The van der Waals surface area contributed by atoms with E-state index >= 15 is 0 Å². The molecule has 0 bridgehead atoms. The second-order valence-electron chi connectivity index (χ2n) is 3.79. The van der Waals surface area contributed by atoms with Crippen LogP contribution in [0.15, 0.2) is 17.6 Å². The maximum absolute atomic E-state index is 10.7. The first-order valence-corrected chi connectivity index (χ1v) is 6.14. The predicted octanol–water partition coefficient (Wildman–Crippen LogP) is 1.14. The Morgan fingerprint density at radius 2 is 2.56 bits per heavy atom. The highest BCUT2D eigenvalue weighted by molar-refractivity contribution is 7.99. The average molecular weight is 242 g/mol. The maximum Gasteiger partial charge on any atom is 0.332 e. The Hall–Kier alpha value is -1.01. The van der Waals surface area contributed by atoms with Gasteiger partial charge in [0.15, 0.2) is 11.3 Å². The van der Waals surface area contributed by atoms with Crippen LogP contribution in [-0.2, 0) is 16.6 Å². The number of carboxylic acids is 1. The van der Waals surface area contributed by atoms with Gasteiger partial charge < -0.3 is 14.4 Å². The highest BCUT2D eigenvalue weighted by atomic mass is 32.2. The summed E-state index contributed by atoms with van der Waals surface area (Å²) in [7, 11) is 1.94. The second kappa shape index (κ2) is 4.88. The Morgan fingerprint density at radius 3 is 3.12 bits per heavy atom. The number of hydrogen-bond donors (Lipinski definition) is 1. The van der Waals surface area contributed by atoms with Crippen LogP contribution in [0.25, 0.3) is 0 Å². The molecule has 0 amide bonds. The molecular weight excluding hydrogens is 228 g/mol. The summed E-state index contributed by atoms with van der Waals surface area (Å²) < 4.78 is 7.34. The van der Waals surface area contributed by atoms with Crippen LogP contribution in [-0.4, -0.2) is 38.6 Å². The SMILES string of the molecule is Cn1ccnc1SCC1CCC(C(=O)O)O1. The van der Waals surface area contributed by atoms with Crippen molar-refractivity contribution in [3.05, 3.63) is 12.4 Å². The van der Waals surface area contributed by atoms with E-state index < -0.39 is 12.1 Å². The summed E-state index contributed by atoms with van der Waals surface area (Å²) in [6, 6.07) is 0. The number of aryl methyl sites for hydroxylation is 1. The number of aliphatic carboxylic acids is 1. The molecule has 1 aliphatic heterocycles. The third-order valence-electron chi connectivity index (χ3n) is 2.56. The zero-order valence-corrected chi connectivity index (χ0v) is 9.81. The normalized spacial score (nSPS) is 24.8. The Labute approximate surface area is 97.8 Å². The van der Waals surface area contributed by atoms with E-state index in [2.05, 4.69) is 4.98 Å². The zero-order valence-electron chi connectivity index (χ0n) is 9.00. The number of rotatable bonds is 4. The first-order chi connectivity index (χ1) is 7.66. The summed E-state index contributed by atoms with van der Waals surface area (Å²) in [4.78, 5) is 14.9.